The van der Waals surface area contributed by atoms with E-state index in [1.54, 1.807) is 17.4 Å². The molecule has 0 radical (unpaired) electrons. The van der Waals surface area contributed by atoms with E-state index in [1.807, 2.05) is 6.07 Å². The Bertz CT molecular complexity index is 439. The van der Waals surface area contributed by atoms with Crippen molar-refractivity contribution >= 4 is 23.4 Å². The Morgan fingerprint density at radius 3 is 2.80 bits per heavy atom. The van der Waals surface area contributed by atoms with Crippen LogP contribution in [0, 0.1) is 0 Å². The number of hydrogen-bond acceptors (Lipinski definition) is 3. The molecule has 0 bridgehead atoms. The molecule has 3 nitrogen and oxygen atoms in total. The van der Waals surface area contributed by atoms with Gasteiger partial charge in [-0.2, -0.15) is 0 Å². The molecular formula is C16H25NO2S. The number of hydrogen-bond donors (Lipinski definition) is 1. The first-order chi connectivity index (χ1) is 9.56. The number of unbranched alkanes of at least 4 members (excludes halogenated alkanes) is 1. The predicted molar refractivity (Wildman–Crippen MR) is 86.1 cm³/mol. The van der Waals surface area contributed by atoms with Gasteiger partial charge in [-0.25, -0.2) is 4.79 Å². The van der Waals surface area contributed by atoms with Crippen LogP contribution in [0.3, 0.4) is 0 Å². The average molecular weight is 295 g/mol. The maximum absolute atomic E-state index is 10.5. The van der Waals surface area contributed by atoms with Crippen molar-refractivity contribution in [3.8, 4) is 0 Å². The van der Waals surface area contributed by atoms with E-state index in [9.17, 15) is 4.79 Å². The molecule has 0 aliphatic rings. The van der Waals surface area contributed by atoms with Crippen LogP contribution >= 0.6 is 11.3 Å². The topological polar surface area (TPSA) is 40.5 Å². The van der Waals surface area contributed by atoms with Crippen LogP contribution in [0.1, 0.15) is 49.8 Å². The number of carbonyl (C=O) groups is 1. The third-order valence-corrected chi connectivity index (χ3v) is 4.48. The fourth-order valence-electron chi connectivity index (χ4n) is 2.00. The summed E-state index contributed by atoms with van der Waals surface area (Å²) in [6.07, 6.45) is 6.45. The van der Waals surface area contributed by atoms with Crippen LogP contribution in [-0.2, 0) is 11.3 Å². The zero-order valence-corrected chi connectivity index (χ0v) is 13.4. The van der Waals surface area contributed by atoms with E-state index in [-0.39, 0.29) is 0 Å². The molecule has 1 N–H and O–H groups in total. The van der Waals surface area contributed by atoms with Gasteiger partial charge in [0.15, 0.2) is 0 Å². The van der Waals surface area contributed by atoms with Crippen molar-refractivity contribution in [2.75, 3.05) is 6.54 Å². The maximum Gasteiger partial charge on any atom is 0.328 e. The molecule has 112 valence electrons. The molecule has 1 atom stereocenters. The molecule has 4 heteroatoms. The van der Waals surface area contributed by atoms with Crippen molar-refractivity contribution in [3.05, 3.63) is 28.0 Å². The lowest BCUT2D eigenvalue weighted by Gasteiger charge is -2.27. The first kappa shape index (κ1) is 16.9. The lowest BCUT2D eigenvalue weighted by atomic mass is 10.2. The molecule has 0 spiro atoms. The fourth-order valence-corrected chi connectivity index (χ4v) is 2.94. The third-order valence-electron chi connectivity index (χ3n) is 3.44. The summed E-state index contributed by atoms with van der Waals surface area (Å²) in [5, 5.41) is 8.64. The van der Waals surface area contributed by atoms with Crippen LogP contribution in [-0.4, -0.2) is 28.6 Å². The van der Waals surface area contributed by atoms with Crippen LogP contribution in [0.15, 0.2) is 18.2 Å². The number of carboxylic acids is 1. The number of thiophene rings is 1. The Kier molecular flexibility index (Phi) is 7.55. The quantitative estimate of drug-likeness (QED) is 0.692. The van der Waals surface area contributed by atoms with E-state index < -0.39 is 5.97 Å². The Labute approximate surface area is 125 Å². The van der Waals surface area contributed by atoms with Gasteiger partial charge in [-0.15, -0.1) is 11.3 Å². The van der Waals surface area contributed by atoms with Crippen molar-refractivity contribution in [1.29, 1.82) is 0 Å². The zero-order valence-electron chi connectivity index (χ0n) is 12.6. The van der Waals surface area contributed by atoms with E-state index >= 15 is 0 Å². The monoisotopic (exact) mass is 295 g/mol. The minimum Gasteiger partial charge on any atom is -0.478 e. The fraction of sp³-hybridized carbons (Fsp3) is 0.562. The van der Waals surface area contributed by atoms with Crippen molar-refractivity contribution < 1.29 is 9.90 Å². The summed E-state index contributed by atoms with van der Waals surface area (Å²) in [5.41, 5.74) is 0. The van der Waals surface area contributed by atoms with Gasteiger partial charge in [0.2, 0.25) is 0 Å². The van der Waals surface area contributed by atoms with Gasteiger partial charge in [-0.3, -0.25) is 4.90 Å². The summed E-state index contributed by atoms with van der Waals surface area (Å²) in [4.78, 5) is 15.3. The molecular weight excluding hydrogens is 270 g/mol. The summed E-state index contributed by atoms with van der Waals surface area (Å²) < 4.78 is 0. The molecule has 1 rings (SSSR count). The number of rotatable bonds is 9. The highest BCUT2D eigenvalue weighted by molar-refractivity contribution is 7.12. The van der Waals surface area contributed by atoms with Crippen LogP contribution in [0.5, 0.6) is 0 Å². The van der Waals surface area contributed by atoms with E-state index in [4.69, 9.17) is 5.11 Å². The molecule has 20 heavy (non-hydrogen) atoms. The average Bonchev–Trinajstić information content (AvgIpc) is 2.88. The van der Waals surface area contributed by atoms with Gasteiger partial charge in [-0.1, -0.05) is 20.3 Å². The minimum absolute atomic E-state index is 0.585. The molecule has 1 aromatic heterocycles. The van der Waals surface area contributed by atoms with Gasteiger partial charge in [0.1, 0.15) is 0 Å². The number of aliphatic carboxylic acids is 1. The molecule has 1 heterocycles. The third kappa shape index (κ3) is 5.88. The largest absolute Gasteiger partial charge is 0.478 e. The van der Waals surface area contributed by atoms with Gasteiger partial charge in [-0.05, 0) is 44.5 Å². The SMILES string of the molecule is CCCCN(Cc1ccc(C=CC(=O)O)s1)C(C)CC. The first-order valence-electron chi connectivity index (χ1n) is 7.30. The zero-order chi connectivity index (χ0) is 15.0. The molecule has 0 aliphatic heterocycles. The van der Waals surface area contributed by atoms with Gasteiger partial charge >= 0.3 is 5.97 Å². The molecule has 1 unspecified atom stereocenters. The van der Waals surface area contributed by atoms with Gasteiger partial charge in [0.25, 0.3) is 0 Å². The lowest BCUT2D eigenvalue weighted by Crippen LogP contribution is -2.32. The molecule has 0 aromatic carbocycles. The summed E-state index contributed by atoms with van der Waals surface area (Å²) in [7, 11) is 0. The molecule has 0 saturated heterocycles. The van der Waals surface area contributed by atoms with Gasteiger partial charge < -0.3 is 5.11 Å². The highest BCUT2D eigenvalue weighted by Gasteiger charge is 2.13. The summed E-state index contributed by atoms with van der Waals surface area (Å²) in [5.74, 6) is -0.899. The normalized spacial score (nSPS) is 13.2. The standard InChI is InChI=1S/C16H25NO2S/c1-4-6-11-17(13(3)5-2)12-15-8-7-14(20-15)9-10-16(18)19/h7-10,13H,4-6,11-12H2,1-3H3,(H,18,19). The van der Waals surface area contributed by atoms with Crippen LogP contribution < -0.4 is 0 Å². The van der Waals surface area contributed by atoms with E-state index in [0.29, 0.717) is 6.04 Å². The summed E-state index contributed by atoms with van der Waals surface area (Å²) in [6, 6.07) is 4.68. The highest BCUT2D eigenvalue weighted by atomic mass is 32.1. The molecule has 0 aliphatic carbocycles. The van der Waals surface area contributed by atoms with Crippen LogP contribution in [0.4, 0.5) is 0 Å². The van der Waals surface area contributed by atoms with Crippen molar-refractivity contribution in [2.24, 2.45) is 0 Å². The predicted octanol–water partition coefficient (Wildman–Crippen LogP) is 4.25. The van der Waals surface area contributed by atoms with E-state index in [2.05, 4.69) is 31.7 Å². The Hall–Kier alpha value is -1.13. The van der Waals surface area contributed by atoms with Crippen molar-refractivity contribution in [1.82, 2.24) is 4.90 Å². The second-order valence-corrected chi connectivity index (χ2v) is 6.26. The van der Waals surface area contributed by atoms with Crippen molar-refractivity contribution in [2.45, 2.75) is 52.6 Å². The minimum atomic E-state index is -0.899. The van der Waals surface area contributed by atoms with Gasteiger partial charge in [0.05, 0.1) is 0 Å². The molecule has 1 aromatic rings. The Balaban J connectivity index is 2.66. The van der Waals surface area contributed by atoms with Crippen LogP contribution in [0.2, 0.25) is 0 Å². The lowest BCUT2D eigenvalue weighted by molar-refractivity contribution is -0.131. The second-order valence-electron chi connectivity index (χ2n) is 5.06. The highest BCUT2D eigenvalue weighted by Crippen LogP contribution is 2.21. The first-order valence-corrected chi connectivity index (χ1v) is 8.12. The number of nitrogens with zero attached hydrogens (tertiary/aromatic N) is 1. The Morgan fingerprint density at radius 2 is 2.20 bits per heavy atom. The van der Waals surface area contributed by atoms with Crippen LogP contribution in [0.25, 0.3) is 6.08 Å². The maximum atomic E-state index is 10.5. The summed E-state index contributed by atoms with van der Waals surface area (Å²) in [6.45, 7) is 8.80. The van der Waals surface area contributed by atoms with E-state index in [1.165, 1.54) is 23.8 Å². The molecule has 0 fully saturated rings. The van der Waals surface area contributed by atoms with Crippen molar-refractivity contribution in [3.63, 3.8) is 0 Å². The second kappa shape index (κ2) is 8.93. The smallest absolute Gasteiger partial charge is 0.328 e. The van der Waals surface area contributed by atoms with Gasteiger partial charge in [0, 0.05) is 28.4 Å². The molecule has 0 saturated carbocycles. The van der Waals surface area contributed by atoms with E-state index in [0.717, 1.165) is 24.4 Å². The molecule has 0 amide bonds. The summed E-state index contributed by atoms with van der Waals surface area (Å²) >= 11 is 1.67. The Morgan fingerprint density at radius 1 is 1.45 bits per heavy atom. The number of carboxylic acid groups (broad SMARTS) is 1.